The van der Waals surface area contributed by atoms with Crippen LogP contribution in [-0.2, 0) is 11.8 Å². The number of nitrogens with zero attached hydrogens (tertiary/aromatic N) is 6. The van der Waals surface area contributed by atoms with E-state index in [2.05, 4.69) is 10.1 Å². The van der Waals surface area contributed by atoms with Crippen molar-refractivity contribution in [2.75, 3.05) is 45.8 Å². The number of rotatable bonds is 5. The molecule has 1 atom stereocenters. The van der Waals surface area contributed by atoms with Crippen molar-refractivity contribution in [3.8, 4) is 16.9 Å². The zero-order chi connectivity index (χ0) is 22.0. The average molecular weight is 422 g/mol. The van der Waals surface area contributed by atoms with Crippen LogP contribution in [0.1, 0.15) is 22.3 Å². The van der Waals surface area contributed by atoms with Gasteiger partial charge in [-0.1, -0.05) is 12.1 Å². The summed E-state index contributed by atoms with van der Waals surface area (Å²) in [4.78, 5) is 25.9. The number of amides is 1. The molecule has 9 nitrogen and oxygen atoms in total. The minimum absolute atomic E-state index is 0.0683. The number of ether oxygens (including phenoxy) is 2. The van der Waals surface area contributed by atoms with E-state index in [9.17, 15) is 4.79 Å². The Bertz CT molecular complexity index is 1060. The standard InChI is InChI=1S/C22H26N6O3/c1-26(2)22-23-13-17(15-5-7-16(30-4)8-6-15)20(25-22)19-14-28(11-12-31-19)21(29)18-9-10-24-27(18)3/h5-10,13,19H,11-12,14H2,1-4H3/t19-/m0/s1. The maximum atomic E-state index is 13.0. The highest BCUT2D eigenvalue weighted by molar-refractivity contribution is 5.92. The maximum absolute atomic E-state index is 13.0. The number of aryl methyl sites for hydroxylation is 1. The predicted octanol–water partition coefficient (Wildman–Crippen LogP) is 2.17. The fourth-order valence-electron chi connectivity index (χ4n) is 3.58. The fraction of sp³-hybridized carbons (Fsp3) is 0.364. The lowest BCUT2D eigenvalue weighted by Crippen LogP contribution is -2.43. The molecule has 0 aliphatic carbocycles. The van der Waals surface area contributed by atoms with Crippen molar-refractivity contribution in [3.05, 3.63) is 54.1 Å². The molecule has 1 fully saturated rings. The molecule has 0 radical (unpaired) electrons. The first-order chi connectivity index (χ1) is 15.0. The third kappa shape index (κ3) is 4.22. The number of aromatic nitrogens is 4. The number of anilines is 1. The van der Waals surface area contributed by atoms with Crippen molar-refractivity contribution in [1.82, 2.24) is 24.6 Å². The van der Waals surface area contributed by atoms with Crippen LogP contribution in [0.25, 0.3) is 11.1 Å². The predicted molar refractivity (Wildman–Crippen MR) is 116 cm³/mol. The molecule has 1 aromatic carbocycles. The second-order valence-corrected chi connectivity index (χ2v) is 7.54. The summed E-state index contributed by atoms with van der Waals surface area (Å²) in [6, 6.07) is 9.47. The van der Waals surface area contributed by atoms with Gasteiger partial charge in [-0.3, -0.25) is 9.48 Å². The Morgan fingerprint density at radius 3 is 2.65 bits per heavy atom. The molecule has 0 bridgehead atoms. The lowest BCUT2D eigenvalue weighted by Gasteiger charge is -2.33. The van der Waals surface area contributed by atoms with Gasteiger partial charge in [-0.2, -0.15) is 5.10 Å². The van der Waals surface area contributed by atoms with Crippen LogP contribution in [0, 0.1) is 0 Å². The van der Waals surface area contributed by atoms with Gasteiger partial charge in [0.05, 0.1) is 26.0 Å². The molecule has 3 heterocycles. The largest absolute Gasteiger partial charge is 0.497 e. The molecule has 1 aliphatic rings. The first-order valence-electron chi connectivity index (χ1n) is 10.1. The van der Waals surface area contributed by atoms with Crippen molar-refractivity contribution in [2.45, 2.75) is 6.10 Å². The summed E-state index contributed by atoms with van der Waals surface area (Å²) >= 11 is 0. The van der Waals surface area contributed by atoms with E-state index in [1.807, 2.05) is 49.5 Å². The lowest BCUT2D eigenvalue weighted by atomic mass is 10.0. The van der Waals surface area contributed by atoms with Crippen LogP contribution in [0.4, 0.5) is 5.95 Å². The van der Waals surface area contributed by atoms with E-state index in [1.165, 1.54) is 0 Å². The number of hydrogen-bond acceptors (Lipinski definition) is 7. The minimum atomic E-state index is -0.371. The summed E-state index contributed by atoms with van der Waals surface area (Å²) in [5.74, 6) is 1.30. The van der Waals surface area contributed by atoms with Gasteiger partial charge in [0.15, 0.2) is 0 Å². The molecule has 3 aromatic rings. The minimum Gasteiger partial charge on any atom is -0.497 e. The molecule has 9 heteroatoms. The molecule has 162 valence electrons. The quantitative estimate of drug-likeness (QED) is 0.623. The van der Waals surface area contributed by atoms with Crippen molar-refractivity contribution < 1.29 is 14.3 Å². The van der Waals surface area contributed by atoms with Gasteiger partial charge in [0.1, 0.15) is 17.5 Å². The van der Waals surface area contributed by atoms with E-state index in [1.54, 1.807) is 36.0 Å². The molecule has 0 unspecified atom stereocenters. The summed E-state index contributed by atoms with van der Waals surface area (Å²) in [6.07, 6.45) is 3.07. The van der Waals surface area contributed by atoms with Gasteiger partial charge in [-0.05, 0) is 23.8 Å². The Morgan fingerprint density at radius 1 is 1.23 bits per heavy atom. The van der Waals surface area contributed by atoms with Gasteiger partial charge in [-0.15, -0.1) is 0 Å². The van der Waals surface area contributed by atoms with Crippen LogP contribution in [0.5, 0.6) is 5.75 Å². The second kappa shape index (κ2) is 8.73. The van der Waals surface area contributed by atoms with Gasteiger partial charge >= 0.3 is 0 Å². The zero-order valence-electron chi connectivity index (χ0n) is 18.1. The number of carbonyl (C=O) groups is 1. The van der Waals surface area contributed by atoms with E-state index in [0.717, 1.165) is 22.6 Å². The summed E-state index contributed by atoms with van der Waals surface area (Å²) in [5, 5.41) is 4.11. The highest BCUT2D eigenvalue weighted by atomic mass is 16.5. The SMILES string of the molecule is COc1ccc(-c2cnc(N(C)C)nc2[C@@H]2CN(C(=O)c3ccnn3C)CCO2)cc1. The number of benzene rings is 1. The van der Waals surface area contributed by atoms with Crippen LogP contribution in [-0.4, -0.2) is 71.5 Å². The Balaban J connectivity index is 1.68. The number of hydrogen-bond donors (Lipinski definition) is 0. The molecule has 1 aliphatic heterocycles. The normalized spacial score (nSPS) is 16.3. The summed E-state index contributed by atoms with van der Waals surface area (Å²) < 4.78 is 12.9. The van der Waals surface area contributed by atoms with Crippen LogP contribution in [0.2, 0.25) is 0 Å². The molecule has 31 heavy (non-hydrogen) atoms. The number of methoxy groups -OCH3 is 1. The maximum Gasteiger partial charge on any atom is 0.272 e. The fourth-order valence-corrected chi connectivity index (χ4v) is 3.58. The smallest absolute Gasteiger partial charge is 0.272 e. The van der Waals surface area contributed by atoms with Crippen LogP contribution in [0.15, 0.2) is 42.7 Å². The van der Waals surface area contributed by atoms with E-state index in [4.69, 9.17) is 14.5 Å². The highest BCUT2D eigenvalue weighted by Gasteiger charge is 2.30. The zero-order valence-corrected chi connectivity index (χ0v) is 18.1. The summed E-state index contributed by atoms with van der Waals surface area (Å²) in [5.41, 5.74) is 3.13. The van der Waals surface area contributed by atoms with Gasteiger partial charge in [0, 0.05) is 45.6 Å². The molecule has 0 N–H and O–H groups in total. The molecule has 4 rings (SSSR count). The van der Waals surface area contributed by atoms with E-state index in [0.29, 0.717) is 31.3 Å². The first kappa shape index (κ1) is 20.8. The van der Waals surface area contributed by atoms with Gasteiger partial charge in [-0.25, -0.2) is 9.97 Å². The average Bonchev–Trinajstić information content (AvgIpc) is 3.24. The Morgan fingerprint density at radius 2 is 2.00 bits per heavy atom. The third-order valence-corrected chi connectivity index (χ3v) is 5.31. The second-order valence-electron chi connectivity index (χ2n) is 7.54. The number of carbonyl (C=O) groups excluding carboxylic acids is 1. The van der Waals surface area contributed by atoms with Gasteiger partial charge < -0.3 is 19.3 Å². The molecule has 1 amide bonds. The Labute approximate surface area is 181 Å². The molecule has 0 saturated carbocycles. The molecular formula is C22H26N6O3. The van der Waals surface area contributed by atoms with Crippen molar-refractivity contribution >= 4 is 11.9 Å². The molecular weight excluding hydrogens is 396 g/mol. The first-order valence-corrected chi connectivity index (χ1v) is 10.1. The topological polar surface area (TPSA) is 85.6 Å². The molecule has 0 spiro atoms. The highest BCUT2D eigenvalue weighted by Crippen LogP contribution is 2.32. The molecule has 2 aromatic heterocycles. The van der Waals surface area contributed by atoms with Crippen molar-refractivity contribution in [3.63, 3.8) is 0 Å². The van der Waals surface area contributed by atoms with E-state index >= 15 is 0 Å². The van der Waals surface area contributed by atoms with E-state index in [-0.39, 0.29) is 12.0 Å². The van der Waals surface area contributed by atoms with E-state index < -0.39 is 0 Å². The van der Waals surface area contributed by atoms with Crippen molar-refractivity contribution in [1.29, 1.82) is 0 Å². The Hall–Kier alpha value is -3.46. The summed E-state index contributed by atoms with van der Waals surface area (Å²) in [7, 11) is 7.19. The van der Waals surface area contributed by atoms with Crippen LogP contribution in [0.3, 0.4) is 0 Å². The lowest BCUT2D eigenvalue weighted by molar-refractivity contribution is -0.0248. The van der Waals surface area contributed by atoms with Gasteiger partial charge in [0.25, 0.3) is 5.91 Å². The van der Waals surface area contributed by atoms with Crippen LogP contribution >= 0.6 is 0 Å². The monoisotopic (exact) mass is 422 g/mol. The third-order valence-electron chi connectivity index (χ3n) is 5.31. The summed E-state index contributed by atoms with van der Waals surface area (Å²) in [6.45, 7) is 1.35. The number of morpholine rings is 1. The molecule has 1 saturated heterocycles. The van der Waals surface area contributed by atoms with Crippen molar-refractivity contribution in [2.24, 2.45) is 7.05 Å². The Kier molecular flexibility index (Phi) is 5.85. The van der Waals surface area contributed by atoms with Gasteiger partial charge in [0.2, 0.25) is 5.95 Å². The van der Waals surface area contributed by atoms with Crippen LogP contribution < -0.4 is 9.64 Å².